The van der Waals surface area contributed by atoms with Gasteiger partial charge in [0.25, 0.3) is 0 Å². The van der Waals surface area contributed by atoms with Crippen molar-refractivity contribution in [1.29, 1.82) is 0 Å². The van der Waals surface area contributed by atoms with Gasteiger partial charge < -0.3 is 4.90 Å². The number of nitrogens with zero attached hydrogens (tertiary/aromatic N) is 1. The number of rotatable bonds is 6. The zero-order valence-electron chi connectivity index (χ0n) is 11.0. The van der Waals surface area contributed by atoms with E-state index in [1.807, 2.05) is 4.90 Å². The lowest BCUT2D eigenvalue weighted by molar-refractivity contribution is -0.127. The second-order valence-electron chi connectivity index (χ2n) is 4.93. The van der Waals surface area contributed by atoms with Crippen molar-refractivity contribution in [3.05, 3.63) is 11.6 Å². The summed E-state index contributed by atoms with van der Waals surface area (Å²) in [7, 11) is 0. The van der Waals surface area contributed by atoms with Crippen molar-refractivity contribution in [3.8, 4) is 0 Å². The topological polar surface area (TPSA) is 20.3 Å². The van der Waals surface area contributed by atoms with Gasteiger partial charge >= 0.3 is 0 Å². The van der Waals surface area contributed by atoms with Gasteiger partial charge in [0.15, 0.2) is 0 Å². The monoisotopic (exact) mass is 223 g/mol. The molecule has 1 aliphatic heterocycles. The summed E-state index contributed by atoms with van der Waals surface area (Å²) in [4.78, 5) is 13.1. The maximum absolute atomic E-state index is 11.2. The molecule has 0 aromatic carbocycles. The molecule has 1 aliphatic rings. The highest BCUT2D eigenvalue weighted by molar-refractivity contribution is 5.74. The Morgan fingerprint density at radius 3 is 2.75 bits per heavy atom. The molecule has 92 valence electrons. The number of amides is 1. The van der Waals surface area contributed by atoms with E-state index in [9.17, 15) is 4.79 Å². The molecule has 1 rings (SSSR count). The van der Waals surface area contributed by atoms with Crippen molar-refractivity contribution in [1.82, 2.24) is 4.90 Å². The molecule has 0 radical (unpaired) electrons. The Morgan fingerprint density at radius 1 is 1.44 bits per heavy atom. The fourth-order valence-electron chi connectivity index (χ4n) is 2.24. The molecular weight excluding hydrogens is 198 g/mol. The van der Waals surface area contributed by atoms with Crippen LogP contribution in [0.1, 0.15) is 52.9 Å². The van der Waals surface area contributed by atoms with Crippen LogP contribution < -0.4 is 0 Å². The summed E-state index contributed by atoms with van der Waals surface area (Å²) in [5.74, 6) is 0.852. The minimum atomic E-state index is 0.199. The molecule has 0 saturated carbocycles. The van der Waals surface area contributed by atoms with E-state index in [1.165, 1.54) is 37.7 Å². The lowest BCUT2D eigenvalue weighted by Crippen LogP contribution is -2.26. The molecule has 0 aromatic heterocycles. The van der Waals surface area contributed by atoms with Crippen LogP contribution in [0.2, 0.25) is 0 Å². The van der Waals surface area contributed by atoms with Crippen LogP contribution in [0.5, 0.6) is 0 Å². The van der Waals surface area contributed by atoms with Crippen LogP contribution in [0.4, 0.5) is 0 Å². The maximum atomic E-state index is 11.2. The number of hydrogen-bond acceptors (Lipinski definition) is 1. The Balaban J connectivity index is 2.23. The summed E-state index contributed by atoms with van der Waals surface area (Å²) in [5, 5.41) is 0. The van der Waals surface area contributed by atoms with E-state index in [2.05, 4.69) is 19.9 Å². The fourth-order valence-corrected chi connectivity index (χ4v) is 2.24. The smallest absolute Gasteiger partial charge is 0.220 e. The van der Waals surface area contributed by atoms with Crippen molar-refractivity contribution in [2.24, 2.45) is 5.92 Å². The molecule has 0 bridgehead atoms. The van der Waals surface area contributed by atoms with Crippen LogP contribution in [-0.2, 0) is 4.79 Å². The molecule has 0 saturated heterocycles. The first-order chi connectivity index (χ1) is 7.65. The van der Waals surface area contributed by atoms with E-state index in [0.717, 1.165) is 13.1 Å². The molecular formula is C14H25NO. The third kappa shape index (κ3) is 3.99. The average molecular weight is 223 g/mol. The number of carbonyl (C=O) groups is 1. The van der Waals surface area contributed by atoms with Crippen molar-refractivity contribution in [2.75, 3.05) is 13.1 Å². The van der Waals surface area contributed by atoms with E-state index in [1.54, 1.807) is 6.92 Å². The summed E-state index contributed by atoms with van der Waals surface area (Å²) in [5.41, 5.74) is 1.46. The van der Waals surface area contributed by atoms with E-state index in [4.69, 9.17) is 0 Å². The van der Waals surface area contributed by atoms with Gasteiger partial charge in [-0.3, -0.25) is 4.79 Å². The van der Waals surface area contributed by atoms with E-state index >= 15 is 0 Å². The SMILES string of the molecule is CCCCCCC(C)C1=CCN(C(C)=O)C1. The Morgan fingerprint density at radius 2 is 2.19 bits per heavy atom. The minimum absolute atomic E-state index is 0.199. The van der Waals surface area contributed by atoms with Gasteiger partial charge in [-0.25, -0.2) is 0 Å². The van der Waals surface area contributed by atoms with Gasteiger partial charge in [-0.15, -0.1) is 0 Å². The highest BCUT2D eigenvalue weighted by Crippen LogP contribution is 2.23. The Bertz CT molecular complexity index is 257. The lowest BCUT2D eigenvalue weighted by atomic mass is 9.95. The molecule has 1 atom stereocenters. The second kappa shape index (κ2) is 6.72. The maximum Gasteiger partial charge on any atom is 0.220 e. The van der Waals surface area contributed by atoms with Crippen molar-refractivity contribution in [2.45, 2.75) is 52.9 Å². The highest BCUT2D eigenvalue weighted by atomic mass is 16.2. The van der Waals surface area contributed by atoms with E-state index < -0.39 is 0 Å². The average Bonchev–Trinajstić information content (AvgIpc) is 2.73. The summed E-state index contributed by atoms with van der Waals surface area (Å²) in [6, 6.07) is 0. The van der Waals surface area contributed by atoms with Crippen LogP contribution in [0.3, 0.4) is 0 Å². The van der Waals surface area contributed by atoms with Gasteiger partial charge in [0.1, 0.15) is 0 Å². The van der Waals surface area contributed by atoms with Crippen molar-refractivity contribution >= 4 is 5.91 Å². The molecule has 0 N–H and O–H groups in total. The Hall–Kier alpha value is -0.790. The van der Waals surface area contributed by atoms with Gasteiger partial charge in [-0.1, -0.05) is 51.2 Å². The summed E-state index contributed by atoms with van der Waals surface area (Å²) < 4.78 is 0. The Kier molecular flexibility index (Phi) is 5.58. The van der Waals surface area contributed by atoms with Crippen LogP contribution >= 0.6 is 0 Å². The molecule has 16 heavy (non-hydrogen) atoms. The largest absolute Gasteiger partial charge is 0.335 e. The lowest BCUT2D eigenvalue weighted by Gasteiger charge is -2.17. The molecule has 1 amide bonds. The van der Waals surface area contributed by atoms with Crippen LogP contribution in [0.15, 0.2) is 11.6 Å². The highest BCUT2D eigenvalue weighted by Gasteiger charge is 2.19. The van der Waals surface area contributed by atoms with Gasteiger partial charge in [-0.05, 0) is 12.3 Å². The number of carbonyl (C=O) groups excluding carboxylic acids is 1. The van der Waals surface area contributed by atoms with Crippen molar-refractivity contribution in [3.63, 3.8) is 0 Å². The molecule has 1 unspecified atom stereocenters. The normalized spacial score (nSPS) is 17.4. The summed E-state index contributed by atoms with van der Waals surface area (Å²) >= 11 is 0. The van der Waals surface area contributed by atoms with Gasteiger partial charge in [-0.2, -0.15) is 0 Å². The van der Waals surface area contributed by atoms with Crippen LogP contribution in [-0.4, -0.2) is 23.9 Å². The van der Waals surface area contributed by atoms with E-state index in [0.29, 0.717) is 5.92 Å². The second-order valence-corrected chi connectivity index (χ2v) is 4.93. The predicted octanol–water partition coefficient (Wildman–Crippen LogP) is 3.38. The summed E-state index contributed by atoms with van der Waals surface area (Å²) in [6.07, 6.45) is 8.85. The standard InChI is InChI=1S/C14H25NO/c1-4-5-6-7-8-12(2)14-9-10-15(11-14)13(3)16/h9,12H,4-8,10-11H2,1-3H3. The predicted molar refractivity (Wildman–Crippen MR) is 68.3 cm³/mol. The Labute approximate surface area is 99.7 Å². The molecule has 1 heterocycles. The van der Waals surface area contributed by atoms with E-state index in [-0.39, 0.29) is 5.91 Å². The first-order valence-corrected chi connectivity index (χ1v) is 6.59. The van der Waals surface area contributed by atoms with Crippen LogP contribution in [0.25, 0.3) is 0 Å². The minimum Gasteiger partial charge on any atom is -0.335 e. The zero-order valence-corrected chi connectivity index (χ0v) is 11.0. The first-order valence-electron chi connectivity index (χ1n) is 6.59. The molecule has 0 fully saturated rings. The number of hydrogen-bond donors (Lipinski definition) is 0. The van der Waals surface area contributed by atoms with Gasteiger partial charge in [0.2, 0.25) is 5.91 Å². The first kappa shape index (κ1) is 13.3. The molecule has 0 aliphatic carbocycles. The summed E-state index contributed by atoms with van der Waals surface area (Å²) in [6.45, 7) is 7.88. The molecule has 0 aromatic rings. The third-order valence-electron chi connectivity index (χ3n) is 3.52. The fraction of sp³-hybridized carbons (Fsp3) is 0.786. The quantitative estimate of drug-likeness (QED) is 0.499. The molecule has 2 heteroatoms. The number of unbranched alkanes of at least 4 members (excludes halogenated alkanes) is 3. The zero-order chi connectivity index (χ0) is 12.0. The third-order valence-corrected chi connectivity index (χ3v) is 3.52. The van der Waals surface area contributed by atoms with Crippen LogP contribution in [0, 0.1) is 5.92 Å². The molecule has 0 spiro atoms. The van der Waals surface area contributed by atoms with Crippen molar-refractivity contribution < 1.29 is 4.79 Å². The van der Waals surface area contributed by atoms with Gasteiger partial charge in [0, 0.05) is 20.0 Å². The molecule has 2 nitrogen and oxygen atoms in total. The van der Waals surface area contributed by atoms with Gasteiger partial charge in [0.05, 0.1) is 0 Å².